The number of carboxylic acids is 1. The fraction of sp³-hybridized carbons (Fsp3) is 0.263. The molecule has 2 aromatic carbocycles. The highest BCUT2D eigenvalue weighted by Crippen LogP contribution is 2.28. The average molecular weight is 381 g/mol. The molecule has 0 radical (unpaired) electrons. The molecule has 0 unspecified atom stereocenters. The molecule has 144 valence electrons. The predicted molar refractivity (Wildman–Crippen MR) is 92.4 cm³/mol. The topological polar surface area (TPSA) is 75.6 Å². The van der Waals surface area contributed by atoms with Crippen LogP contribution in [0.2, 0.25) is 0 Å². The molecule has 5 nitrogen and oxygen atoms in total. The number of rotatable bonds is 7. The lowest BCUT2D eigenvalue weighted by atomic mass is 9.85. The number of hydrogen-bond acceptors (Lipinski definition) is 3. The Bertz CT molecular complexity index is 776. The van der Waals surface area contributed by atoms with Crippen LogP contribution in [0.25, 0.3) is 0 Å². The summed E-state index contributed by atoms with van der Waals surface area (Å²) in [5.74, 6) is -3.40. The Labute approximate surface area is 153 Å². The molecule has 0 saturated heterocycles. The summed E-state index contributed by atoms with van der Waals surface area (Å²) in [5.41, 5.74) is 1.04. The maximum absolute atomic E-state index is 12.2. The number of halogens is 3. The number of nitrogens with one attached hydrogen (secondary N) is 1. The lowest BCUT2D eigenvalue weighted by Crippen LogP contribution is -2.26. The molecule has 0 aliphatic heterocycles. The zero-order valence-electron chi connectivity index (χ0n) is 14.4. The van der Waals surface area contributed by atoms with Crippen molar-refractivity contribution in [1.29, 1.82) is 0 Å². The Morgan fingerprint density at radius 1 is 1.07 bits per heavy atom. The van der Waals surface area contributed by atoms with Crippen molar-refractivity contribution in [3.63, 3.8) is 0 Å². The highest BCUT2D eigenvalue weighted by molar-refractivity contribution is 5.93. The highest BCUT2D eigenvalue weighted by atomic mass is 19.4. The van der Waals surface area contributed by atoms with Crippen LogP contribution in [0.5, 0.6) is 5.75 Å². The normalized spacial score (nSPS) is 13.5. The third-order valence-corrected chi connectivity index (χ3v) is 4.02. The van der Waals surface area contributed by atoms with Crippen LogP contribution in [-0.2, 0) is 9.59 Å². The summed E-state index contributed by atoms with van der Waals surface area (Å²) in [6.07, 6.45) is -5.07. The first kappa shape index (κ1) is 20.3. The largest absolute Gasteiger partial charge is 0.573 e. The van der Waals surface area contributed by atoms with E-state index in [4.69, 9.17) is 0 Å². The summed E-state index contributed by atoms with van der Waals surface area (Å²) < 4.78 is 40.2. The maximum Gasteiger partial charge on any atom is 0.573 e. The van der Waals surface area contributed by atoms with Crippen LogP contribution in [0.15, 0.2) is 54.6 Å². The third kappa shape index (κ3) is 6.32. The number of benzene rings is 2. The molecule has 2 rings (SSSR count). The van der Waals surface area contributed by atoms with Crippen LogP contribution >= 0.6 is 0 Å². The number of amides is 1. The van der Waals surface area contributed by atoms with E-state index < -0.39 is 35.8 Å². The van der Waals surface area contributed by atoms with E-state index >= 15 is 0 Å². The standard InChI is InChI=1S/C19H18F3NO4/c1-12(13-5-3-2-4-6-13)16(18(25)26)11-17(24)23-14-7-9-15(10-8-14)27-19(20,21)22/h2-10,12,16H,11H2,1H3,(H,23,24)(H,25,26)/t12-,16+/m0/s1. The molecular formula is C19H18F3NO4. The predicted octanol–water partition coefficient (Wildman–Crippen LogP) is 4.42. The molecule has 0 fully saturated rings. The maximum atomic E-state index is 12.2. The monoisotopic (exact) mass is 381 g/mol. The highest BCUT2D eigenvalue weighted by Gasteiger charge is 2.31. The first-order valence-corrected chi connectivity index (χ1v) is 8.09. The van der Waals surface area contributed by atoms with E-state index in [1.165, 1.54) is 12.1 Å². The fourth-order valence-corrected chi connectivity index (χ4v) is 2.62. The van der Waals surface area contributed by atoms with Gasteiger partial charge in [-0.2, -0.15) is 0 Å². The summed E-state index contributed by atoms with van der Waals surface area (Å²) >= 11 is 0. The number of ether oxygens (including phenoxy) is 1. The summed E-state index contributed by atoms with van der Waals surface area (Å²) in [5, 5.41) is 11.9. The van der Waals surface area contributed by atoms with Gasteiger partial charge in [-0.15, -0.1) is 13.2 Å². The molecule has 0 aliphatic carbocycles. The zero-order valence-corrected chi connectivity index (χ0v) is 14.4. The van der Waals surface area contributed by atoms with E-state index in [-0.39, 0.29) is 12.1 Å². The van der Waals surface area contributed by atoms with Gasteiger partial charge in [-0.1, -0.05) is 37.3 Å². The molecule has 0 bridgehead atoms. The van der Waals surface area contributed by atoms with E-state index in [1.54, 1.807) is 31.2 Å². The Balaban J connectivity index is 2.01. The van der Waals surface area contributed by atoms with Gasteiger partial charge < -0.3 is 15.2 Å². The van der Waals surface area contributed by atoms with Crippen LogP contribution in [-0.4, -0.2) is 23.3 Å². The molecule has 0 aliphatic rings. The molecule has 0 aromatic heterocycles. The van der Waals surface area contributed by atoms with E-state index in [0.717, 1.165) is 17.7 Å². The SMILES string of the molecule is C[C@@H](c1ccccc1)[C@@H](CC(=O)Nc1ccc(OC(F)(F)F)cc1)C(=O)O. The van der Waals surface area contributed by atoms with Gasteiger partial charge in [-0.25, -0.2) is 0 Å². The molecule has 8 heteroatoms. The summed E-state index contributed by atoms with van der Waals surface area (Å²) in [7, 11) is 0. The number of carboxylic acid groups (broad SMARTS) is 1. The average Bonchev–Trinajstić information content (AvgIpc) is 2.60. The Hall–Kier alpha value is -3.03. The van der Waals surface area contributed by atoms with E-state index in [0.29, 0.717) is 0 Å². The minimum atomic E-state index is -4.80. The van der Waals surface area contributed by atoms with E-state index in [1.807, 2.05) is 6.07 Å². The first-order valence-electron chi connectivity index (χ1n) is 8.09. The molecular weight excluding hydrogens is 363 g/mol. The van der Waals surface area contributed by atoms with Gasteiger partial charge in [-0.3, -0.25) is 9.59 Å². The van der Waals surface area contributed by atoms with Gasteiger partial charge in [0.1, 0.15) is 5.75 Å². The van der Waals surface area contributed by atoms with Gasteiger partial charge in [0.2, 0.25) is 5.91 Å². The molecule has 0 spiro atoms. The molecule has 0 saturated carbocycles. The first-order chi connectivity index (χ1) is 12.7. The van der Waals surface area contributed by atoms with Crippen molar-refractivity contribution >= 4 is 17.6 Å². The second-order valence-corrected chi connectivity index (χ2v) is 5.97. The number of alkyl halides is 3. The molecule has 1 amide bonds. The second kappa shape index (κ2) is 8.57. The molecule has 2 N–H and O–H groups in total. The summed E-state index contributed by atoms with van der Waals surface area (Å²) in [6.45, 7) is 1.73. The Kier molecular flexibility index (Phi) is 6.44. The van der Waals surface area contributed by atoms with E-state index in [2.05, 4.69) is 10.1 Å². The minimum Gasteiger partial charge on any atom is -0.481 e. The van der Waals surface area contributed by atoms with Crippen molar-refractivity contribution in [3.05, 3.63) is 60.2 Å². The Morgan fingerprint density at radius 3 is 2.19 bits per heavy atom. The van der Waals surface area contributed by atoms with Gasteiger partial charge in [-0.05, 0) is 35.7 Å². The molecule has 2 aromatic rings. The van der Waals surface area contributed by atoms with Crippen LogP contribution < -0.4 is 10.1 Å². The summed E-state index contributed by atoms with van der Waals surface area (Å²) in [6, 6.07) is 13.6. The van der Waals surface area contributed by atoms with Crippen LogP contribution in [0.1, 0.15) is 24.8 Å². The molecule has 2 atom stereocenters. The molecule has 0 heterocycles. The van der Waals surface area contributed by atoms with Crippen molar-refractivity contribution < 1.29 is 32.6 Å². The van der Waals surface area contributed by atoms with E-state index in [9.17, 15) is 27.9 Å². The van der Waals surface area contributed by atoms with Crippen molar-refractivity contribution in [2.24, 2.45) is 5.92 Å². The number of hydrogen-bond donors (Lipinski definition) is 2. The summed E-state index contributed by atoms with van der Waals surface area (Å²) in [4.78, 5) is 23.8. The van der Waals surface area contributed by atoms with Crippen LogP contribution in [0.3, 0.4) is 0 Å². The third-order valence-electron chi connectivity index (χ3n) is 4.02. The number of aliphatic carboxylic acids is 1. The minimum absolute atomic E-state index is 0.242. The molecule has 27 heavy (non-hydrogen) atoms. The fourth-order valence-electron chi connectivity index (χ4n) is 2.62. The van der Waals surface area contributed by atoms with Gasteiger partial charge in [0.15, 0.2) is 0 Å². The van der Waals surface area contributed by atoms with Crippen molar-refractivity contribution in [1.82, 2.24) is 0 Å². The lowest BCUT2D eigenvalue weighted by molar-refractivity contribution is -0.274. The number of carbonyl (C=O) groups excluding carboxylic acids is 1. The number of carbonyl (C=O) groups is 2. The van der Waals surface area contributed by atoms with Crippen LogP contribution in [0, 0.1) is 5.92 Å². The van der Waals surface area contributed by atoms with Crippen molar-refractivity contribution in [2.45, 2.75) is 25.6 Å². The Morgan fingerprint density at radius 2 is 1.67 bits per heavy atom. The zero-order chi connectivity index (χ0) is 20.0. The quantitative estimate of drug-likeness (QED) is 0.745. The van der Waals surface area contributed by atoms with Crippen molar-refractivity contribution in [3.8, 4) is 5.75 Å². The van der Waals surface area contributed by atoms with Gasteiger partial charge >= 0.3 is 12.3 Å². The smallest absolute Gasteiger partial charge is 0.481 e. The van der Waals surface area contributed by atoms with Gasteiger partial charge in [0.25, 0.3) is 0 Å². The lowest BCUT2D eigenvalue weighted by Gasteiger charge is -2.20. The van der Waals surface area contributed by atoms with Gasteiger partial charge in [0.05, 0.1) is 5.92 Å². The second-order valence-electron chi connectivity index (χ2n) is 5.97. The number of anilines is 1. The van der Waals surface area contributed by atoms with Gasteiger partial charge in [0, 0.05) is 12.1 Å². The van der Waals surface area contributed by atoms with Crippen LogP contribution in [0.4, 0.5) is 18.9 Å². The van der Waals surface area contributed by atoms with Crippen molar-refractivity contribution in [2.75, 3.05) is 5.32 Å².